The first-order valence-electron chi connectivity index (χ1n) is 8.17. The zero-order chi connectivity index (χ0) is 18.1. The van der Waals surface area contributed by atoms with E-state index in [1.165, 1.54) is 0 Å². The zero-order valence-electron chi connectivity index (χ0n) is 14.2. The van der Waals surface area contributed by atoms with Crippen LogP contribution in [-0.2, 0) is 0 Å². The van der Waals surface area contributed by atoms with E-state index in [0.29, 0.717) is 28.2 Å². The molecular formula is C21H17N3O2. The number of carbonyl (C=O) groups excluding carboxylic acids is 1. The van der Waals surface area contributed by atoms with Gasteiger partial charge in [0.1, 0.15) is 11.4 Å². The van der Waals surface area contributed by atoms with E-state index >= 15 is 0 Å². The number of pyridine rings is 1. The van der Waals surface area contributed by atoms with Crippen molar-refractivity contribution in [2.45, 2.75) is 0 Å². The highest BCUT2D eigenvalue weighted by Gasteiger charge is 2.16. The Morgan fingerprint density at radius 1 is 1.08 bits per heavy atom. The highest BCUT2D eigenvalue weighted by atomic mass is 16.5. The molecule has 0 saturated heterocycles. The summed E-state index contributed by atoms with van der Waals surface area (Å²) in [4.78, 5) is 20.5. The summed E-state index contributed by atoms with van der Waals surface area (Å²) >= 11 is 0. The van der Waals surface area contributed by atoms with Crippen LogP contribution in [0.1, 0.15) is 15.9 Å². The van der Waals surface area contributed by atoms with Gasteiger partial charge in [0.25, 0.3) is 0 Å². The van der Waals surface area contributed by atoms with Crippen molar-refractivity contribution in [2.75, 3.05) is 12.8 Å². The van der Waals surface area contributed by atoms with Crippen LogP contribution in [0.15, 0.2) is 67.0 Å². The van der Waals surface area contributed by atoms with Crippen LogP contribution in [0, 0.1) is 0 Å². The summed E-state index contributed by atoms with van der Waals surface area (Å²) in [5.41, 5.74) is 10.2. The third-order valence-corrected chi connectivity index (χ3v) is 4.33. The maximum atomic E-state index is 13.0. The Bertz CT molecular complexity index is 1120. The molecule has 0 saturated carbocycles. The van der Waals surface area contributed by atoms with Gasteiger partial charge in [0.2, 0.25) is 0 Å². The molecule has 0 aliphatic carbocycles. The minimum atomic E-state index is -0.0818. The lowest BCUT2D eigenvalue weighted by Gasteiger charge is -2.05. The second kappa shape index (κ2) is 6.37. The molecule has 0 aliphatic heterocycles. The van der Waals surface area contributed by atoms with Crippen LogP contribution < -0.4 is 10.5 Å². The first-order valence-corrected chi connectivity index (χ1v) is 8.17. The molecule has 0 spiro atoms. The van der Waals surface area contributed by atoms with Crippen molar-refractivity contribution in [3.63, 3.8) is 0 Å². The fourth-order valence-corrected chi connectivity index (χ4v) is 2.99. The molecule has 0 fully saturated rings. The van der Waals surface area contributed by atoms with E-state index in [1.54, 1.807) is 37.7 Å². The summed E-state index contributed by atoms with van der Waals surface area (Å²) in [7, 11) is 1.58. The van der Waals surface area contributed by atoms with E-state index in [-0.39, 0.29) is 5.78 Å². The predicted molar refractivity (Wildman–Crippen MR) is 102 cm³/mol. The molecule has 0 radical (unpaired) electrons. The largest absolute Gasteiger partial charge is 0.497 e. The van der Waals surface area contributed by atoms with E-state index < -0.39 is 0 Å². The molecular weight excluding hydrogens is 326 g/mol. The average molecular weight is 343 g/mol. The number of methoxy groups -OCH3 is 1. The molecule has 3 N–H and O–H groups in total. The van der Waals surface area contributed by atoms with Gasteiger partial charge in [-0.1, -0.05) is 24.3 Å². The number of ketones is 1. The molecule has 0 aliphatic rings. The summed E-state index contributed by atoms with van der Waals surface area (Å²) in [5, 5.41) is 0.776. The van der Waals surface area contributed by atoms with Crippen molar-refractivity contribution in [2.24, 2.45) is 0 Å². The van der Waals surface area contributed by atoms with E-state index in [0.717, 1.165) is 16.5 Å². The van der Waals surface area contributed by atoms with Crippen molar-refractivity contribution < 1.29 is 9.53 Å². The Morgan fingerprint density at radius 3 is 2.73 bits per heavy atom. The second-order valence-electron chi connectivity index (χ2n) is 6.01. The standard InChI is InChI=1S/C21H17N3O2/c1-26-17-7-3-5-14(9-17)20(25)19-12-24-21-18(19)10-15(11-23-21)13-4-2-6-16(22)8-13/h2-12H,22H2,1H3,(H,23,24). The number of ether oxygens (including phenoxy) is 1. The van der Waals surface area contributed by atoms with Crippen LogP contribution in [0.2, 0.25) is 0 Å². The third kappa shape index (κ3) is 2.80. The van der Waals surface area contributed by atoms with Gasteiger partial charge < -0.3 is 15.5 Å². The number of hydrogen-bond donors (Lipinski definition) is 2. The van der Waals surface area contributed by atoms with Gasteiger partial charge in [-0.3, -0.25) is 4.79 Å². The molecule has 0 amide bonds. The summed E-state index contributed by atoms with van der Waals surface area (Å²) in [6, 6.07) is 16.7. The lowest BCUT2D eigenvalue weighted by atomic mass is 10.0. The van der Waals surface area contributed by atoms with Gasteiger partial charge in [-0.15, -0.1) is 0 Å². The van der Waals surface area contributed by atoms with Crippen molar-refractivity contribution in [3.05, 3.63) is 78.1 Å². The first kappa shape index (κ1) is 15.9. The molecule has 0 unspecified atom stereocenters. The topological polar surface area (TPSA) is 81.0 Å². The Labute approximate surface area is 150 Å². The summed E-state index contributed by atoms with van der Waals surface area (Å²) in [6.07, 6.45) is 3.47. The van der Waals surface area contributed by atoms with Crippen LogP contribution >= 0.6 is 0 Å². The smallest absolute Gasteiger partial charge is 0.195 e. The number of H-pyrrole nitrogens is 1. The van der Waals surface area contributed by atoms with Crippen LogP contribution in [-0.4, -0.2) is 22.9 Å². The van der Waals surface area contributed by atoms with Crippen LogP contribution in [0.5, 0.6) is 5.75 Å². The van der Waals surface area contributed by atoms with Crippen molar-refractivity contribution in [3.8, 4) is 16.9 Å². The maximum Gasteiger partial charge on any atom is 0.195 e. The minimum Gasteiger partial charge on any atom is -0.497 e. The molecule has 4 rings (SSSR count). The number of nitrogens with two attached hydrogens (primary N) is 1. The molecule has 5 heteroatoms. The lowest BCUT2D eigenvalue weighted by molar-refractivity contribution is 0.104. The third-order valence-electron chi connectivity index (χ3n) is 4.33. The molecule has 0 atom stereocenters. The summed E-state index contributed by atoms with van der Waals surface area (Å²) < 4.78 is 5.21. The first-order chi connectivity index (χ1) is 12.7. The molecule has 2 heterocycles. The molecule has 2 aromatic heterocycles. The number of nitrogens with one attached hydrogen (secondary N) is 1. The number of nitrogens with zero attached hydrogens (tertiary/aromatic N) is 1. The zero-order valence-corrected chi connectivity index (χ0v) is 14.2. The van der Waals surface area contributed by atoms with Gasteiger partial charge in [-0.25, -0.2) is 4.98 Å². The summed E-state index contributed by atoms with van der Waals surface area (Å²) in [5.74, 6) is 0.566. The summed E-state index contributed by atoms with van der Waals surface area (Å²) in [6.45, 7) is 0. The molecule has 26 heavy (non-hydrogen) atoms. The Morgan fingerprint density at radius 2 is 1.92 bits per heavy atom. The number of aromatic amines is 1. The number of fused-ring (bicyclic) bond motifs is 1. The van der Waals surface area contributed by atoms with Crippen molar-refractivity contribution in [1.82, 2.24) is 9.97 Å². The number of hydrogen-bond acceptors (Lipinski definition) is 4. The average Bonchev–Trinajstić information content (AvgIpc) is 3.10. The SMILES string of the molecule is COc1cccc(C(=O)c2c[nH]c3ncc(-c4cccc(N)c4)cc23)c1. The van der Waals surface area contributed by atoms with Crippen LogP contribution in [0.25, 0.3) is 22.2 Å². The van der Waals surface area contributed by atoms with E-state index in [1.807, 2.05) is 36.4 Å². The molecule has 5 nitrogen and oxygen atoms in total. The minimum absolute atomic E-state index is 0.0818. The number of nitrogen functional groups attached to an aromatic ring is 1. The molecule has 4 aromatic rings. The highest BCUT2D eigenvalue weighted by Crippen LogP contribution is 2.27. The molecule has 0 bridgehead atoms. The predicted octanol–water partition coefficient (Wildman–Crippen LogP) is 4.05. The van der Waals surface area contributed by atoms with Crippen LogP contribution in [0.4, 0.5) is 5.69 Å². The van der Waals surface area contributed by atoms with Crippen molar-refractivity contribution >= 4 is 22.5 Å². The van der Waals surface area contributed by atoms with Gasteiger partial charge >= 0.3 is 0 Å². The second-order valence-corrected chi connectivity index (χ2v) is 6.01. The molecule has 2 aromatic carbocycles. The van der Waals surface area contributed by atoms with Gasteiger partial charge in [-0.2, -0.15) is 0 Å². The highest BCUT2D eigenvalue weighted by molar-refractivity contribution is 6.16. The fraction of sp³-hybridized carbons (Fsp3) is 0.0476. The van der Waals surface area contributed by atoms with Gasteiger partial charge in [0, 0.05) is 40.2 Å². The van der Waals surface area contributed by atoms with Crippen LogP contribution in [0.3, 0.4) is 0 Å². The Hall–Kier alpha value is -3.60. The van der Waals surface area contributed by atoms with Gasteiger partial charge in [0.15, 0.2) is 5.78 Å². The monoisotopic (exact) mass is 343 g/mol. The van der Waals surface area contributed by atoms with E-state index in [2.05, 4.69) is 9.97 Å². The number of aromatic nitrogens is 2. The van der Waals surface area contributed by atoms with Gasteiger partial charge in [0.05, 0.1) is 7.11 Å². The fourth-order valence-electron chi connectivity index (χ4n) is 2.99. The Balaban J connectivity index is 1.80. The Kier molecular flexibility index (Phi) is 3.89. The van der Waals surface area contributed by atoms with E-state index in [9.17, 15) is 4.79 Å². The van der Waals surface area contributed by atoms with Gasteiger partial charge in [-0.05, 0) is 35.9 Å². The number of benzene rings is 2. The van der Waals surface area contributed by atoms with Crippen molar-refractivity contribution in [1.29, 1.82) is 0 Å². The number of rotatable bonds is 4. The van der Waals surface area contributed by atoms with E-state index in [4.69, 9.17) is 10.5 Å². The quantitative estimate of drug-likeness (QED) is 0.433. The molecule has 128 valence electrons. The normalized spacial score (nSPS) is 10.8. The number of carbonyl (C=O) groups is 1. The number of anilines is 1. The lowest BCUT2D eigenvalue weighted by Crippen LogP contribution is -2.01. The maximum absolute atomic E-state index is 13.0.